The van der Waals surface area contributed by atoms with E-state index in [1.165, 1.54) is 17.2 Å². The van der Waals surface area contributed by atoms with E-state index in [1.54, 1.807) is 12.1 Å². The van der Waals surface area contributed by atoms with Gasteiger partial charge in [-0.3, -0.25) is 9.59 Å². The summed E-state index contributed by atoms with van der Waals surface area (Å²) in [5, 5.41) is 2.50. The molecular weight excluding hydrogens is 306 g/mol. The van der Waals surface area contributed by atoms with Crippen molar-refractivity contribution in [1.82, 2.24) is 4.90 Å². The molecule has 1 aliphatic rings. The van der Waals surface area contributed by atoms with Crippen LogP contribution in [-0.2, 0) is 16.1 Å². The third kappa shape index (κ3) is 3.39. The lowest BCUT2D eigenvalue weighted by Gasteiger charge is -2.15. The van der Waals surface area contributed by atoms with E-state index in [-0.39, 0.29) is 24.6 Å². The van der Waals surface area contributed by atoms with Crippen molar-refractivity contribution in [1.29, 1.82) is 0 Å². The third-order valence-corrected chi connectivity index (χ3v) is 3.70. The second kappa shape index (κ2) is 6.20. The van der Waals surface area contributed by atoms with Crippen molar-refractivity contribution in [2.45, 2.75) is 13.0 Å². The highest BCUT2D eigenvalue weighted by Crippen LogP contribution is 2.22. The lowest BCUT2D eigenvalue weighted by Crippen LogP contribution is -2.27. The topological polar surface area (TPSA) is 62.6 Å². The van der Waals surface area contributed by atoms with Crippen molar-refractivity contribution < 1.29 is 22.8 Å². The molecule has 5 nitrogen and oxygen atoms in total. The minimum absolute atomic E-state index is 0.0796. The van der Waals surface area contributed by atoms with Gasteiger partial charge in [-0.15, -0.1) is 0 Å². The fourth-order valence-corrected chi connectivity index (χ4v) is 2.51. The van der Waals surface area contributed by atoms with E-state index in [1.807, 2.05) is 0 Å². The zero-order valence-corrected chi connectivity index (χ0v) is 12.1. The number of anilines is 1. The van der Waals surface area contributed by atoms with Crippen LogP contribution < -0.4 is 5.32 Å². The number of hydrogen-bond acceptors (Lipinski definition) is 3. The second-order valence-electron chi connectivity index (χ2n) is 5.37. The summed E-state index contributed by atoms with van der Waals surface area (Å²) in [5.74, 6) is -2.46. The summed E-state index contributed by atoms with van der Waals surface area (Å²) in [6, 6.07) is 6.59. The highest BCUT2D eigenvalue weighted by Gasteiger charge is 2.34. The van der Waals surface area contributed by atoms with Crippen molar-refractivity contribution >= 4 is 17.5 Å². The first-order valence-electron chi connectivity index (χ1n) is 7.09. The van der Waals surface area contributed by atoms with Gasteiger partial charge in [0.25, 0.3) is 0 Å². The Morgan fingerprint density at radius 1 is 1.30 bits per heavy atom. The zero-order valence-electron chi connectivity index (χ0n) is 12.1. The van der Waals surface area contributed by atoms with E-state index in [4.69, 9.17) is 4.42 Å². The lowest BCUT2D eigenvalue weighted by atomic mass is 10.1. The first kappa shape index (κ1) is 15.2. The van der Waals surface area contributed by atoms with Crippen LogP contribution in [0.3, 0.4) is 0 Å². The number of nitrogens with one attached hydrogen (secondary N) is 1. The maximum Gasteiger partial charge on any atom is 0.229 e. The van der Waals surface area contributed by atoms with Crippen LogP contribution >= 0.6 is 0 Å². The average Bonchev–Trinajstić information content (AvgIpc) is 3.14. The Kier molecular flexibility index (Phi) is 4.10. The molecule has 0 radical (unpaired) electrons. The van der Waals surface area contributed by atoms with Crippen LogP contribution in [0.4, 0.5) is 14.5 Å². The molecule has 1 aliphatic heterocycles. The van der Waals surface area contributed by atoms with E-state index in [0.717, 1.165) is 12.1 Å². The predicted octanol–water partition coefficient (Wildman–Crippen LogP) is 2.55. The smallest absolute Gasteiger partial charge is 0.229 e. The van der Waals surface area contributed by atoms with Crippen LogP contribution in [0.15, 0.2) is 41.0 Å². The number of carbonyl (C=O) groups is 2. The number of carbonyl (C=O) groups excluding carboxylic acids is 2. The Hall–Kier alpha value is -2.70. The monoisotopic (exact) mass is 320 g/mol. The van der Waals surface area contributed by atoms with Gasteiger partial charge in [-0.2, -0.15) is 0 Å². The van der Waals surface area contributed by atoms with Gasteiger partial charge in [0.1, 0.15) is 5.76 Å². The van der Waals surface area contributed by atoms with Crippen LogP contribution in [0.5, 0.6) is 0 Å². The lowest BCUT2D eigenvalue weighted by molar-refractivity contribution is -0.128. The molecule has 0 spiro atoms. The van der Waals surface area contributed by atoms with Gasteiger partial charge < -0.3 is 14.6 Å². The number of halogens is 2. The van der Waals surface area contributed by atoms with Gasteiger partial charge in [-0.05, 0) is 24.3 Å². The molecule has 2 heterocycles. The van der Waals surface area contributed by atoms with Gasteiger partial charge in [-0.25, -0.2) is 8.78 Å². The standard InChI is InChI=1S/C16H14F2N2O3/c17-13-4-3-11(7-14(13)18)19-16(22)10-6-15(21)20(8-10)9-12-2-1-5-23-12/h1-5,7,10H,6,8-9H2,(H,19,22). The average molecular weight is 320 g/mol. The van der Waals surface area contributed by atoms with E-state index >= 15 is 0 Å². The molecular formula is C16H14F2N2O3. The van der Waals surface area contributed by atoms with Gasteiger partial charge in [-0.1, -0.05) is 0 Å². The Labute approximate surface area is 130 Å². The molecule has 3 rings (SSSR count). The largest absolute Gasteiger partial charge is 0.467 e. The van der Waals surface area contributed by atoms with Crippen molar-refractivity contribution in [3.05, 3.63) is 54.0 Å². The highest BCUT2D eigenvalue weighted by molar-refractivity contribution is 5.97. The van der Waals surface area contributed by atoms with Gasteiger partial charge in [0, 0.05) is 24.7 Å². The molecule has 0 saturated carbocycles. The van der Waals surface area contributed by atoms with Gasteiger partial charge in [0.2, 0.25) is 11.8 Å². The number of amides is 2. The number of benzene rings is 1. The fourth-order valence-electron chi connectivity index (χ4n) is 2.51. The number of likely N-dealkylation sites (tertiary alicyclic amines) is 1. The Bertz CT molecular complexity index is 731. The van der Waals surface area contributed by atoms with Crippen LogP contribution in [0, 0.1) is 17.6 Å². The second-order valence-corrected chi connectivity index (χ2v) is 5.37. The summed E-state index contributed by atoms with van der Waals surface area (Å²) in [7, 11) is 0. The molecule has 23 heavy (non-hydrogen) atoms. The summed E-state index contributed by atoms with van der Waals surface area (Å²) in [4.78, 5) is 25.7. The number of rotatable bonds is 4. The quantitative estimate of drug-likeness (QED) is 0.941. The highest BCUT2D eigenvalue weighted by atomic mass is 19.2. The van der Waals surface area contributed by atoms with Gasteiger partial charge in [0.15, 0.2) is 11.6 Å². The molecule has 1 saturated heterocycles. The summed E-state index contributed by atoms with van der Waals surface area (Å²) in [6.45, 7) is 0.565. The molecule has 0 aliphatic carbocycles. The first-order valence-corrected chi connectivity index (χ1v) is 7.09. The molecule has 0 bridgehead atoms. The Morgan fingerprint density at radius 2 is 2.13 bits per heavy atom. The minimum Gasteiger partial charge on any atom is -0.467 e. The molecule has 2 aromatic rings. The number of nitrogens with zero attached hydrogens (tertiary/aromatic N) is 1. The van der Waals surface area contributed by atoms with Crippen LogP contribution in [0.2, 0.25) is 0 Å². The van der Waals surface area contributed by atoms with E-state index < -0.39 is 23.5 Å². The normalized spacial score (nSPS) is 17.6. The molecule has 2 amide bonds. The summed E-state index contributed by atoms with van der Waals surface area (Å²) in [5.41, 5.74) is 0.158. The summed E-state index contributed by atoms with van der Waals surface area (Å²) in [6.07, 6.45) is 1.60. The Morgan fingerprint density at radius 3 is 2.83 bits per heavy atom. The van der Waals surface area contributed by atoms with Crippen molar-refractivity contribution in [3.8, 4) is 0 Å². The number of furan rings is 1. The van der Waals surface area contributed by atoms with E-state index in [9.17, 15) is 18.4 Å². The fraction of sp³-hybridized carbons (Fsp3) is 0.250. The Balaban J connectivity index is 1.62. The zero-order chi connectivity index (χ0) is 16.4. The third-order valence-electron chi connectivity index (χ3n) is 3.70. The molecule has 7 heteroatoms. The van der Waals surface area contributed by atoms with Crippen molar-refractivity contribution in [3.63, 3.8) is 0 Å². The molecule has 1 atom stereocenters. The molecule has 1 N–H and O–H groups in total. The van der Waals surface area contributed by atoms with Gasteiger partial charge >= 0.3 is 0 Å². The minimum atomic E-state index is -1.04. The summed E-state index contributed by atoms with van der Waals surface area (Å²) >= 11 is 0. The summed E-state index contributed by atoms with van der Waals surface area (Å²) < 4.78 is 31.2. The van der Waals surface area contributed by atoms with Crippen LogP contribution in [-0.4, -0.2) is 23.3 Å². The molecule has 1 unspecified atom stereocenters. The van der Waals surface area contributed by atoms with E-state index in [0.29, 0.717) is 12.3 Å². The number of hydrogen-bond donors (Lipinski definition) is 1. The van der Waals surface area contributed by atoms with Crippen LogP contribution in [0.1, 0.15) is 12.2 Å². The van der Waals surface area contributed by atoms with Gasteiger partial charge in [0.05, 0.1) is 18.7 Å². The van der Waals surface area contributed by atoms with Crippen molar-refractivity contribution in [2.75, 3.05) is 11.9 Å². The maximum atomic E-state index is 13.1. The predicted molar refractivity (Wildman–Crippen MR) is 77.2 cm³/mol. The molecule has 1 aromatic carbocycles. The molecule has 1 fully saturated rings. The SMILES string of the molecule is O=C(Nc1ccc(F)c(F)c1)C1CC(=O)N(Cc2ccco2)C1. The van der Waals surface area contributed by atoms with E-state index in [2.05, 4.69) is 5.32 Å². The van der Waals surface area contributed by atoms with Crippen molar-refractivity contribution in [2.24, 2.45) is 5.92 Å². The van der Waals surface area contributed by atoms with Crippen LogP contribution in [0.25, 0.3) is 0 Å². The first-order chi connectivity index (χ1) is 11.0. The molecule has 120 valence electrons. The molecule has 1 aromatic heterocycles. The maximum absolute atomic E-state index is 13.1.